The van der Waals surface area contributed by atoms with Crippen LogP contribution in [0, 0.1) is 0 Å². The molecule has 1 atom stereocenters. The highest BCUT2D eigenvalue weighted by atomic mass is 16.5. The van der Waals surface area contributed by atoms with Crippen molar-refractivity contribution in [3.05, 3.63) is 48.2 Å². The predicted molar refractivity (Wildman–Crippen MR) is 120 cm³/mol. The zero-order valence-electron chi connectivity index (χ0n) is 18.2. The molecule has 2 aromatic rings. The maximum Gasteiger partial charge on any atom is 0.273 e. The monoisotopic (exact) mass is 442 g/mol. The van der Waals surface area contributed by atoms with E-state index in [9.17, 15) is 14.7 Å². The summed E-state index contributed by atoms with van der Waals surface area (Å²) < 4.78 is 5.92. The number of hydrogen-bond donors (Lipinski definition) is 3. The summed E-state index contributed by atoms with van der Waals surface area (Å²) in [5.41, 5.74) is 0.995. The fourth-order valence-electron chi connectivity index (χ4n) is 3.39. The van der Waals surface area contributed by atoms with Gasteiger partial charge in [-0.1, -0.05) is 18.2 Å². The van der Waals surface area contributed by atoms with E-state index in [0.29, 0.717) is 25.4 Å². The first-order chi connectivity index (χ1) is 15.5. The lowest BCUT2D eigenvalue weighted by Crippen LogP contribution is -2.44. The molecule has 2 amide bonds. The molecule has 0 spiro atoms. The Morgan fingerprint density at radius 1 is 1.22 bits per heavy atom. The number of aromatic nitrogens is 1. The van der Waals surface area contributed by atoms with E-state index in [1.165, 1.54) is 16.8 Å². The summed E-state index contributed by atoms with van der Waals surface area (Å²) in [5, 5.41) is 21.8. The second-order valence-corrected chi connectivity index (χ2v) is 7.78. The highest BCUT2D eigenvalue weighted by molar-refractivity contribution is 5.95. The number of rotatable bonds is 5. The van der Waals surface area contributed by atoms with Crippen molar-refractivity contribution in [1.82, 2.24) is 14.8 Å². The summed E-state index contributed by atoms with van der Waals surface area (Å²) in [6.07, 6.45) is 1.34. The molecule has 9 nitrogen and oxygen atoms in total. The molecule has 32 heavy (non-hydrogen) atoms. The number of likely N-dealkylation sites (N-methyl/N-ethyl adjacent to an activating group) is 1. The van der Waals surface area contributed by atoms with Gasteiger partial charge in [-0.3, -0.25) is 9.59 Å². The van der Waals surface area contributed by atoms with Crippen LogP contribution in [-0.4, -0.2) is 82.8 Å². The van der Waals surface area contributed by atoms with Crippen LogP contribution < -0.4 is 10.1 Å². The molecule has 2 bridgehead atoms. The number of fused-ring (bicyclic) bond motifs is 3. The van der Waals surface area contributed by atoms with Gasteiger partial charge in [-0.15, -0.1) is 0 Å². The predicted octanol–water partition coefficient (Wildman–Crippen LogP) is 1.64. The van der Waals surface area contributed by atoms with E-state index in [1.54, 1.807) is 18.2 Å². The SMILES string of the molecule is CN(CC(O)CO)C(=O)CN1CCCCCOc2ccccc2Nc2cccc(n2)C1=O. The number of hydrogen-bond acceptors (Lipinski definition) is 7. The number of ether oxygens (including phenoxy) is 1. The van der Waals surface area contributed by atoms with Crippen molar-refractivity contribution in [2.75, 3.05) is 45.2 Å². The third kappa shape index (κ3) is 6.41. The summed E-state index contributed by atoms with van der Waals surface area (Å²) in [4.78, 5) is 33.1. The average molecular weight is 443 g/mol. The minimum Gasteiger partial charge on any atom is -0.491 e. The zero-order valence-corrected chi connectivity index (χ0v) is 18.2. The topological polar surface area (TPSA) is 115 Å². The highest BCUT2D eigenvalue weighted by Crippen LogP contribution is 2.27. The van der Waals surface area contributed by atoms with E-state index >= 15 is 0 Å². The van der Waals surface area contributed by atoms with Crippen molar-refractivity contribution in [3.63, 3.8) is 0 Å². The molecular weight excluding hydrogens is 412 g/mol. The number of amides is 2. The lowest BCUT2D eigenvalue weighted by molar-refractivity contribution is -0.132. The zero-order chi connectivity index (χ0) is 22.9. The fourth-order valence-corrected chi connectivity index (χ4v) is 3.39. The molecule has 172 valence electrons. The molecule has 0 fully saturated rings. The number of nitrogens with one attached hydrogen (secondary N) is 1. The van der Waals surface area contributed by atoms with Crippen LogP contribution in [0.1, 0.15) is 29.8 Å². The molecule has 1 unspecified atom stereocenters. The minimum absolute atomic E-state index is 0.00817. The molecule has 0 saturated carbocycles. The summed E-state index contributed by atoms with van der Waals surface area (Å²) >= 11 is 0. The summed E-state index contributed by atoms with van der Waals surface area (Å²) in [6, 6.07) is 12.7. The number of carbonyl (C=O) groups is 2. The molecule has 1 aromatic heterocycles. The molecule has 0 aliphatic carbocycles. The van der Waals surface area contributed by atoms with Gasteiger partial charge in [0.05, 0.1) is 25.0 Å². The first-order valence-corrected chi connectivity index (χ1v) is 10.8. The van der Waals surface area contributed by atoms with Crippen LogP contribution in [0.4, 0.5) is 11.5 Å². The smallest absolute Gasteiger partial charge is 0.273 e. The molecule has 9 heteroatoms. The van der Waals surface area contributed by atoms with Gasteiger partial charge >= 0.3 is 0 Å². The summed E-state index contributed by atoms with van der Waals surface area (Å²) in [7, 11) is 1.54. The first-order valence-electron chi connectivity index (χ1n) is 10.8. The Labute approximate surface area is 187 Å². The molecule has 3 N–H and O–H groups in total. The summed E-state index contributed by atoms with van der Waals surface area (Å²) in [6.45, 7) is 0.366. The molecule has 1 aliphatic heterocycles. The lowest BCUT2D eigenvalue weighted by Gasteiger charge is -2.26. The Morgan fingerprint density at radius 3 is 2.84 bits per heavy atom. The maximum atomic E-state index is 13.2. The lowest BCUT2D eigenvalue weighted by atomic mass is 10.2. The van der Waals surface area contributed by atoms with Crippen molar-refractivity contribution >= 4 is 23.3 Å². The number of anilines is 2. The minimum atomic E-state index is -1.02. The Kier molecular flexibility index (Phi) is 8.41. The standard InChI is InChI=1S/C23H30N4O5/c1-26(14-17(29)16-28)22(30)15-27-12-5-2-6-13-32-20-10-4-3-8-18(20)24-21-11-7-9-19(25-21)23(27)31/h3-4,7-11,17,28-29H,2,5-6,12-16H2,1H3,(H,24,25). The molecule has 3 rings (SSSR count). The number of aliphatic hydroxyl groups is 2. The van der Waals surface area contributed by atoms with E-state index in [1.807, 2.05) is 24.3 Å². The van der Waals surface area contributed by atoms with E-state index in [2.05, 4.69) is 10.3 Å². The van der Waals surface area contributed by atoms with Gasteiger partial charge in [-0.2, -0.15) is 0 Å². The van der Waals surface area contributed by atoms with Gasteiger partial charge in [-0.05, 0) is 43.5 Å². The molecule has 1 aromatic carbocycles. The van der Waals surface area contributed by atoms with Crippen LogP contribution in [0.2, 0.25) is 0 Å². The Morgan fingerprint density at radius 2 is 2.03 bits per heavy atom. The Hall–Kier alpha value is -3.17. The van der Waals surface area contributed by atoms with E-state index in [-0.39, 0.29) is 30.6 Å². The van der Waals surface area contributed by atoms with Crippen LogP contribution in [0.3, 0.4) is 0 Å². The largest absolute Gasteiger partial charge is 0.491 e. The van der Waals surface area contributed by atoms with Gasteiger partial charge in [0.1, 0.15) is 23.8 Å². The van der Waals surface area contributed by atoms with Crippen molar-refractivity contribution in [2.24, 2.45) is 0 Å². The maximum absolute atomic E-state index is 13.2. The fraction of sp³-hybridized carbons (Fsp3) is 0.435. The van der Waals surface area contributed by atoms with Gasteiger partial charge in [0, 0.05) is 20.1 Å². The summed E-state index contributed by atoms with van der Waals surface area (Å²) in [5.74, 6) is 0.569. The number of aliphatic hydroxyl groups excluding tert-OH is 2. The molecule has 0 saturated heterocycles. The van der Waals surface area contributed by atoms with Crippen molar-refractivity contribution in [1.29, 1.82) is 0 Å². The van der Waals surface area contributed by atoms with Crippen molar-refractivity contribution < 1.29 is 24.5 Å². The average Bonchev–Trinajstić information content (AvgIpc) is 2.80. The van der Waals surface area contributed by atoms with Crippen LogP contribution >= 0.6 is 0 Å². The Bertz CT molecular complexity index is 923. The van der Waals surface area contributed by atoms with Crippen LogP contribution in [0.5, 0.6) is 5.75 Å². The first kappa shape index (κ1) is 23.5. The van der Waals surface area contributed by atoms with E-state index in [4.69, 9.17) is 9.84 Å². The van der Waals surface area contributed by atoms with Gasteiger partial charge < -0.3 is 30.1 Å². The number of benzene rings is 1. The number of nitrogens with zero attached hydrogens (tertiary/aromatic N) is 3. The molecule has 2 heterocycles. The third-order valence-corrected chi connectivity index (χ3v) is 5.18. The van der Waals surface area contributed by atoms with Crippen LogP contribution in [-0.2, 0) is 4.79 Å². The number of para-hydroxylation sites is 2. The van der Waals surface area contributed by atoms with Crippen molar-refractivity contribution in [2.45, 2.75) is 25.4 Å². The van der Waals surface area contributed by atoms with Crippen molar-refractivity contribution in [3.8, 4) is 5.75 Å². The number of pyridine rings is 1. The second-order valence-electron chi connectivity index (χ2n) is 7.78. The van der Waals surface area contributed by atoms with Crippen LogP contribution in [0.25, 0.3) is 0 Å². The van der Waals surface area contributed by atoms with Crippen LogP contribution in [0.15, 0.2) is 42.5 Å². The highest BCUT2D eigenvalue weighted by Gasteiger charge is 2.23. The third-order valence-electron chi connectivity index (χ3n) is 5.18. The van der Waals surface area contributed by atoms with Gasteiger partial charge in [0.15, 0.2) is 0 Å². The van der Waals surface area contributed by atoms with E-state index in [0.717, 1.165) is 24.3 Å². The van der Waals surface area contributed by atoms with E-state index < -0.39 is 12.7 Å². The molecule has 0 radical (unpaired) electrons. The molecule has 1 aliphatic rings. The normalized spacial score (nSPS) is 15.6. The van der Waals surface area contributed by atoms with Gasteiger partial charge in [-0.25, -0.2) is 4.98 Å². The number of carbonyl (C=O) groups excluding carboxylic acids is 2. The van der Waals surface area contributed by atoms with Gasteiger partial charge in [0.25, 0.3) is 5.91 Å². The van der Waals surface area contributed by atoms with Gasteiger partial charge in [0.2, 0.25) is 5.91 Å². The second kappa shape index (κ2) is 11.4. The Balaban J connectivity index is 1.81. The quantitative estimate of drug-likeness (QED) is 0.645. The molecular formula is C23H30N4O5.